The molecule has 3 aromatic rings. The molecule has 2 N–H and O–H groups in total. The average Bonchev–Trinajstić information content (AvgIpc) is 3.20. The predicted octanol–water partition coefficient (Wildman–Crippen LogP) is 5.08. The molecular weight excluding hydrogens is 446 g/mol. The average molecular weight is 480 g/mol. The molecular formula is C26H33N5O2S. The number of carbonyl (C=O) groups excluding carboxylic acids is 2. The normalized spacial score (nSPS) is 12.0. The zero-order valence-corrected chi connectivity index (χ0v) is 21.5. The van der Waals surface area contributed by atoms with Crippen molar-refractivity contribution in [3.05, 3.63) is 70.5 Å². The van der Waals surface area contributed by atoms with Crippen LogP contribution in [0.25, 0.3) is 0 Å². The molecule has 0 aliphatic carbocycles. The van der Waals surface area contributed by atoms with Gasteiger partial charge in [-0.1, -0.05) is 61.0 Å². The van der Waals surface area contributed by atoms with E-state index in [-0.39, 0.29) is 29.5 Å². The van der Waals surface area contributed by atoms with Gasteiger partial charge in [0.15, 0.2) is 11.0 Å². The molecule has 180 valence electrons. The quantitative estimate of drug-likeness (QED) is 0.418. The van der Waals surface area contributed by atoms with Gasteiger partial charge in [0.1, 0.15) is 0 Å². The van der Waals surface area contributed by atoms with E-state index in [0.717, 1.165) is 22.4 Å². The number of anilines is 1. The van der Waals surface area contributed by atoms with E-state index in [1.165, 1.54) is 11.8 Å². The molecule has 34 heavy (non-hydrogen) atoms. The number of carbonyl (C=O) groups is 2. The fourth-order valence-electron chi connectivity index (χ4n) is 3.66. The number of aromatic nitrogens is 3. The Morgan fingerprint density at radius 3 is 2.29 bits per heavy atom. The van der Waals surface area contributed by atoms with E-state index in [9.17, 15) is 9.59 Å². The van der Waals surface area contributed by atoms with Gasteiger partial charge in [0.25, 0.3) is 5.91 Å². The topological polar surface area (TPSA) is 88.9 Å². The molecule has 0 saturated heterocycles. The third kappa shape index (κ3) is 6.26. The molecule has 1 heterocycles. The Morgan fingerprint density at radius 2 is 1.68 bits per heavy atom. The summed E-state index contributed by atoms with van der Waals surface area (Å²) >= 11 is 1.34. The first-order valence-corrected chi connectivity index (χ1v) is 12.5. The Balaban J connectivity index is 1.71. The van der Waals surface area contributed by atoms with Gasteiger partial charge < -0.3 is 15.2 Å². The smallest absolute Gasteiger partial charge is 0.251 e. The summed E-state index contributed by atoms with van der Waals surface area (Å²) in [4.78, 5) is 25.4. The first-order valence-electron chi connectivity index (χ1n) is 11.5. The van der Waals surface area contributed by atoms with Crippen molar-refractivity contribution in [2.24, 2.45) is 5.92 Å². The maximum absolute atomic E-state index is 12.9. The summed E-state index contributed by atoms with van der Waals surface area (Å²) in [6.45, 7) is 12.7. The number of hydrogen-bond acceptors (Lipinski definition) is 5. The van der Waals surface area contributed by atoms with Crippen LogP contribution in [0.4, 0.5) is 5.69 Å². The van der Waals surface area contributed by atoms with Crippen molar-refractivity contribution in [2.45, 2.75) is 59.3 Å². The van der Waals surface area contributed by atoms with Crippen LogP contribution in [0.5, 0.6) is 0 Å². The van der Waals surface area contributed by atoms with Crippen LogP contribution >= 0.6 is 11.8 Å². The Morgan fingerprint density at radius 1 is 1.00 bits per heavy atom. The number of thioether (sulfide) groups is 1. The molecule has 3 rings (SSSR count). The molecule has 0 aliphatic heterocycles. The Hall–Kier alpha value is -3.13. The minimum Gasteiger partial charge on any atom is -0.342 e. The molecule has 8 heteroatoms. The fourth-order valence-corrected chi connectivity index (χ4v) is 4.47. The Bertz CT molecular complexity index is 1150. The standard InChI is InChI=1S/C26H33N5O2S/c1-7-31-24(23(16(2)3)28-25(33)20-11-8-17(4)9-12-20)29-30-26(31)34-15-22(32)27-21-13-10-18(5)14-19(21)6/h8-14,16,23H,7,15H2,1-6H3,(H,27,32)(H,28,33)/t23-/m1/s1. The molecule has 0 unspecified atom stereocenters. The lowest BCUT2D eigenvalue weighted by molar-refractivity contribution is -0.113. The van der Waals surface area contributed by atoms with Crippen molar-refractivity contribution in [1.82, 2.24) is 20.1 Å². The molecule has 7 nitrogen and oxygen atoms in total. The van der Waals surface area contributed by atoms with E-state index in [1.807, 2.05) is 88.6 Å². The number of nitrogens with one attached hydrogen (secondary N) is 2. The number of rotatable bonds is 9. The van der Waals surface area contributed by atoms with Crippen LogP contribution in [0.15, 0.2) is 47.6 Å². The van der Waals surface area contributed by atoms with Crippen LogP contribution in [-0.2, 0) is 11.3 Å². The van der Waals surface area contributed by atoms with Crippen molar-refractivity contribution in [2.75, 3.05) is 11.1 Å². The zero-order chi connectivity index (χ0) is 24.8. The lowest BCUT2D eigenvalue weighted by atomic mass is 10.0. The molecule has 0 radical (unpaired) electrons. The molecule has 0 bridgehead atoms. The van der Waals surface area contributed by atoms with E-state index in [1.54, 1.807) is 0 Å². The summed E-state index contributed by atoms with van der Waals surface area (Å²) in [5.41, 5.74) is 4.71. The van der Waals surface area contributed by atoms with Gasteiger partial charge >= 0.3 is 0 Å². The second-order valence-corrected chi connectivity index (χ2v) is 9.74. The van der Waals surface area contributed by atoms with Gasteiger partial charge in [-0.25, -0.2) is 0 Å². The lowest BCUT2D eigenvalue weighted by Gasteiger charge is -2.22. The number of benzene rings is 2. The molecule has 2 aromatic carbocycles. The maximum atomic E-state index is 12.9. The van der Waals surface area contributed by atoms with Crippen molar-refractivity contribution in [1.29, 1.82) is 0 Å². The van der Waals surface area contributed by atoms with E-state index >= 15 is 0 Å². The highest BCUT2D eigenvalue weighted by Crippen LogP contribution is 2.26. The van der Waals surface area contributed by atoms with Crippen molar-refractivity contribution < 1.29 is 9.59 Å². The minimum atomic E-state index is -0.306. The molecule has 0 fully saturated rings. The molecule has 0 aliphatic rings. The SMILES string of the molecule is CCn1c(SCC(=O)Nc2ccc(C)cc2C)nnc1[C@H](NC(=O)c1ccc(C)cc1)C(C)C. The van der Waals surface area contributed by atoms with Gasteiger partial charge in [-0.2, -0.15) is 0 Å². The lowest BCUT2D eigenvalue weighted by Crippen LogP contribution is -2.33. The maximum Gasteiger partial charge on any atom is 0.251 e. The second kappa shape index (κ2) is 11.3. The largest absolute Gasteiger partial charge is 0.342 e. The highest BCUT2D eigenvalue weighted by atomic mass is 32.2. The van der Waals surface area contributed by atoms with E-state index in [0.29, 0.717) is 23.1 Å². The van der Waals surface area contributed by atoms with Gasteiger partial charge in [-0.3, -0.25) is 9.59 Å². The fraction of sp³-hybridized carbons (Fsp3) is 0.385. The van der Waals surface area contributed by atoms with Gasteiger partial charge in [0.05, 0.1) is 11.8 Å². The first kappa shape index (κ1) is 25.5. The summed E-state index contributed by atoms with van der Waals surface area (Å²) in [6, 6.07) is 13.1. The van der Waals surface area contributed by atoms with Crippen molar-refractivity contribution >= 4 is 29.3 Å². The summed E-state index contributed by atoms with van der Waals surface area (Å²) in [6.07, 6.45) is 0. The molecule has 1 aromatic heterocycles. The molecule has 1 atom stereocenters. The second-order valence-electron chi connectivity index (χ2n) is 8.80. The van der Waals surface area contributed by atoms with Crippen LogP contribution in [-0.4, -0.2) is 32.3 Å². The van der Waals surface area contributed by atoms with Gasteiger partial charge in [-0.15, -0.1) is 10.2 Å². The minimum absolute atomic E-state index is 0.0998. The number of nitrogens with zero attached hydrogens (tertiary/aromatic N) is 3. The first-order chi connectivity index (χ1) is 16.2. The predicted molar refractivity (Wildman–Crippen MR) is 137 cm³/mol. The number of hydrogen-bond donors (Lipinski definition) is 2. The third-order valence-corrected chi connectivity index (χ3v) is 6.56. The number of amides is 2. The highest BCUT2D eigenvalue weighted by Gasteiger charge is 2.26. The van der Waals surface area contributed by atoms with Crippen LogP contribution < -0.4 is 10.6 Å². The summed E-state index contributed by atoms with van der Waals surface area (Å²) < 4.78 is 1.97. The molecule has 0 spiro atoms. The molecule has 0 saturated carbocycles. The monoisotopic (exact) mass is 479 g/mol. The Kier molecular flexibility index (Phi) is 8.50. The van der Waals surface area contributed by atoms with Crippen LogP contribution in [0.2, 0.25) is 0 Å². The summed E-state index contributed by atoms with van der Waals surface area (Å²) in [5, 5.41) is 15.5. The van der Waals surface area contributed by atoms with Crippen LogP contribution in [0, 0.1) is 26.7 Å². The van der Waals surface area contributed by atoms with Gasteiger partial charge in [0, 0.05) is 17.8 Å². The van der Waals surface area contributed by atoms with Gasteiger partial charge in [0.2, 0.25) is 5.91 Å². The van der Waals surface area contributed by atoms with Crippen molar-refractivity contribution in [3.63, 3.8) is 0 Å². The third-order valence-electron chi connectivity index (χ3n) is 5.60. The molecule has 2 amide bonds. The van der Waals surface area contributed by atoms with Crippen LogP contribution in [0.3, 0.4) is 0 Å². The van der Waals surface area contributed by atoms with Crippen molar-refractivity contribution in [3.8, 4) is 0 Å². The zero-order valence-electron chi connectivity index (χ0n) is 20.7. The highest BCUT2D eigenvalue weighted by molar-refractivity contribution is 7.99. The number of aryl methyl sites for hydroxylation is 3. The summed E-state index contributed by atoms with van der Waals surface area (Å²) in [5.74, 6) is 0.765. The van der Waals surface area contributed by atoms with Crippen LogP contribution in [0.1, 0.15) is 59.7 Å². The van der Waals surface area contributed by atoms with Gasteiger partial charge in [-0.05, 0) is 57.4 Å². The summed E-state index contributed by atoms with van der Waals surface area (Å²) in [7, 11) is 0. The Labute approximate surface area is 205 Å². The van der Waals surface area contributed by atoms with E-state index in [4.69, 9.17) is 0 Å². The van der Waals surface area contributed by atoms with E-state index in [2.05, 4.69) is 20.8 Å². The van der Waals surface area contributed by atoms with E-state index < -0.39 is 0 Å².